The van der Waals surface area contributed by atoms with Crippen molar-refractivity contribution in [3.05, 3.63) is 29.6 Å². The van der Waals surface area contributed by atoms with Gasteiger partial charge >= 0.3 is 0 Å². The van der Waals surface area contributed by atoms with Gasteiger partial charge in [0.2, 0.25) is 0 Å². The van der Waals surface area contributed by atoms with Gasteiger partial charge in [0.15, 0.2) is 0 Å². The molecule has 2 unspecified atom stereocenters. The number of hydrogen-bond acceptors (Lipinski definition) is 3. The van der Waals surface area contributed by atoms with Gasteiger partial charge in [-0.3, -0.25) is 0 Å². The standard InChI is InChI=1S/C14H19FN2S2/c1-19-11-4-2-3-9(7-11)17-10-5-6-12(14(16)18)13(15)8-10/h5-6,8-9,11,17H,2-4,7H2,1H3,(H2,16,18). The summed E-state index contributed by atoms with van der Waals surface area (Å²) >= 11 is 6.72. The molecule has 104 valence electrons. The van der Waals surface area contributed by atoms with Crippen LogP contribution in [0, 0.1) is 5.82 Å². The first-order chi connectivity index (χ1) is 9.10. The molecule has 0 amide bonds. The minimum absolute atomic E-state index is 0.101. The lowest BCUT2D eigenvalue weighted by atomic mass is 9.94. The molecule has 1 saturated carbocycles. The maximum atomic E-state index is 13.8. The van der Waals surface area contributed by atoms with Crippen LogP contribution in [0.4, 0.5) is 10.1 Å². The summed E-state index contributed by atoms with van der Waals surface area (Å²) in [6.45, 7) is 0. The second-order valence-corrected chi connectivity index (χ2v) is 6.50. The molecule has 1 aromatic carbocycles. The van der Waals surface area contributed by atoms with Crippen LogP contribution in [-0.4, -0.2) is 22.5 Å². The lowest BCUT2D eigenvalue weighted by Gasteiger charge is -2.29. The van der Waals surface area contributed by atoms with Crippen LogP contribution < -0.4 is 11.1 Å². The van der Waals surface area contributed by atoms with Gasteiger partial charge in [0.1, 0.15) is 10.8 Å². The van der Waals surface area contributed by atoms with Gasteiger partial charge in [-0.15, -0.1) is 0 Å². The summed E-state index contributed by atoms with van der Waals surface area (Å²) in [4.78, 5) is 0.101. The molecule has 2 rings (SSSR count). The highest BCUT2D eigenvalue weighted by Crippen LogP contribution is 2.29. The Morgan fingerprint density at radius 2 is 2.26 bits per heavy atom. The monoisotopic (exact) mass is 298 g/mol. The Balaban J connectivity index is 2.03. The zero-order valence-corrected chi connectivity index (χ0v) is 12.6. The van der Waals surface area contributed by atoms with E-state index in [0.29, 0.717) is 16.9 Å². The van der Waals surface area contributed by atoms with Crippen LogP contribution in [0.1, 0.15) is 31.2 Å². The highest BCUT2D eigenvalue weighted by atomic mass is 32.2. The first-order valence-corrected chi connectivity index (χ1v) is 8.18. The summed E-state index contributed by atoms with van der Waals surface area (Å²) in [6.07, 6.45) is 6.96. The molecule has 1 aromatic rings. The molecular weight excluding hydrogens is 279 g/mol. The number of halogens is 1. The van der Waals surface area contributed by atoms with Crippen molar-refractivity contribution in [3.63, 3.8) is 0 Å². The molecule has 1 aliphatic rings. The maximum Gasteiger partial charge on any atom is 0.135 e. The number of benzene rings is 1. The number of thioether (sulfide) groups is 1. The molecule has 0 radical (unpaired) electrons. The fourth-order valence-electron chi connectivity index (χ4n) is 2.53. The quantitative estimate of drug-likeness (QED) is 0.834. The third-order valence-electron chi connectivity index (χ3n) is 3.56. The van der Waals surface area contributed by atoms with Crippen molar-refractivity contribution < 1.29 is 4.39 Å². The van der Waals surface area contributed by atoms with Crippen molar-refractivity contribution in [1.82, 2.24) is 0 Å². The van der Waals surface area contributed by atoms with Crippen LogP contribution >= 0.6 is 24.0 Å². The van der Waals surface area contributed by atoms with Gasteiger partial charge in [-0.25, -0.2) is 4.39 Å². The van der Waals surface area contributed by atoms with Crippen molar-refractivity contribution in [1.29, 1.82) is 0 Å². The van der Waals surface area contributed by atoms with E-state index >= 15 is 0 Å². The first-order valence-electron chi connectivity index (χ1n) is 6.49. The summed E-state index contributed by atoms with van der Waals surface area (Å²) in [5.74, 6) is -0.352. The Hall–Kier alpha value is -0.810. The second-order valence-electron chi connectivity index (χ2n) is 4.92. The second kappa shape index (κ2) is 6.57. The third kappa shape index (κ3) is 3.83. The van der Waals surface area contributed by atoms with Crippen molar-refractivity contribution >= 4 is 34.7 Å². The Morgan fingerprint density at radius 3 is 2.89 bits per heavy atom. The van der Waals surface area contributed by atoms with Gasteiger partial charge in [0.05, 0.1) is 0 Å². The molecule has 0 saturated heterocycles. The number of nitrogens with one attached hydrogen (secondary N) is 1. The van der Waals surface area contributed by atoms with E-state index in [9.17, 15) is 4.39 Å². The first kappa shape index (κ1) is 14.6. The molecule has 0 aliphatic heterocycles. The molecular formula is C14H19FN2S2. The Labute approximate surface area is 123 Å². The van der Waals surface area contributed by atoms with Crippen LogP contribution in [0.5, 0.6) is 0 Å². The van der Waals surface area contributed by atoms with E-state index < -0.39 is 0 Å². The SMILES string of the molecule is CSC1CCCC(Nc2ccc(C(N)=S)c(F)c2)C1. The zero-order chi connectivity index (χ0) is 13.8. The van der Waals surface area contributed by atoms with Crippen LogP contribution in [0.25, 0.3) is 0 Å². The third-order valence-corrected chi connectivity index (χ3v) is 4.88. The van der Waals surface area contributed by atoms with Crippen molar-refractivity contribution in [2.75, 3.05) is 11.6 Å². The Morgan fingerprint density at radius 1 is 1.47 bits per heavy atom. The van der Waals surface area contributed by atoms with E-state index in [-0.39, 0.29) is 10.8 Å². The number of nitrogens with two attached hydrogens (primary N) is 1. The highest BCUT2D eigenvalue weighted by Gasteiger charge is 2.21. The number of thiocarbonyl (C=S) groups is 1. The predicted octanol–water partition coefficient (Wildman–Crippen LogP) is 3.55. The number of anilines is 1. The summed E-state index contributed by atoms with van der Waals surface area (Å²) < 4.78 is 13.8. The van der Waals surface area contributed by atoms with Gasteiger partial charge in [-0.1, -0.05) is 18.6 Å². The summed E-state index contributed by atoms with van der Waals surface area (Å²) in [5, 5.41) is 4.13. The largest absolute Gasteiger partial charge is 0.389 e. The van der Waals surface area contributed by atoms with E-state index in [1.165, 1.54) is 18.9 Å². The molecule has 3 N–H and O–H groups in total. The minimum Gasteiger partial charge on any atom is -0.389 e. The van der Waals surface area contributed by atoms with Gasteiger partial charge in [-0.05, 0) is 43.7 Å². The van der Waals surface area contributed by atoms with Crippen LogP contribution in [0.3, 0.4) is 0 Å². The molecule has 2 atom stereocenters. The van der Waals surface area contributed by atoms with E-state index in [1.807, 2.05) is 17.8 Å². The number of hydrogen-bond donors (Lipinski definition) is 2. The molecule has 0 spiro atoms. The van der Waals surface area contributed by atoms with Crippen LogP contribution in [0.2, 0.25) is 0 Å². The van der Waals surface area contributed by atoms with Gasteiger partial charge in [0, 0.05) is 22.5 Å². The summed E-state index contributed by atoms with van der Waals surface area (Å²) in [6, 6.07) is 5.41. The molecule has 1 fully saturated rings. The normalized spacial score (nSPS) is 23.1. The van der Waals surface area contributed by atoms with E-state index in [0.717, 1.165) is 18.5 Å². The Kier molecular flexibility index (Phi) is 5.05. The van der Waals surface area contributed by atoms with E-state index in [1.54, 1.807) is 6.07 Å². The average Bonchev–Trinajstić information content (AvgIpc) is 2.38. The molecule has 0 heterocycles. The topological polar surface area (TPSA) is 38.0 Å². The lowest BCUT2D eigenvalue weighted by Crippen LogP contribution is -2.28. The fourth-order valence-corrected chi connectivity index (χ4v) is 3.52. The van der Waals surface area contributed by atoms with E-state index in [2.05, 4.69) is 11.6 Å². The van der Waals surface area contributed by atoms with Crippen LogP contribution in [0.15, 0.2) is 18.2 Å². The van der Waals surface area contributed by atoms with Gasteiger partial charge < -0.3 is 11.1 Å². The maximum absolute atomic E-state index is 13.8. The molecule has 2 nitrogen and oxygen atoms in total. The van der Waals surface area contributed by atoms with Crippen LogP contribution in [-0.2, 0) is 0 Å². The van der Waals surface area contributed by atoms with E-state index in [4.69, 9.17) is 18.0 Å². The lowest BCUT2D eigenvalue weighted by molar-refractivity contribution is 0.473. The smallest absolute Gasteiger partial charge is 0.135 e. The minimum atomic E-state index is -0.352. The van der Waals surface area contributed by atoms with Gasteiger partial charge in [0.25, 0.3) is 0 Å². The molecule has 19 heavy (non-hydrogen) atoms. The van der Waals surface area contributed by atoms with Crippen molar-refractivity contribution in [3.8, 4) is 0 Å². The summed E-state index contributed by atoms with van der Waals surface area (Å²) in [7, 11) is 0. The highest BCUT2D eigenvalue weighted by molar-refractivity contribution is 7.99. The molecule has 0 aromatic heterocycles. The fraction of sp³-hybridized carbons (Fsp3) is 0.500. The molecule has 0 bridgehead atoms. The number of rotatable bonds is 4. The average molecular weight is 298 g/mol. The predicted molar refractivity (Wildman–Crippen MR) is 85.5 cm³/mol. The molecule has 1 aliphatic carbocycles. The zero-order valence-electron chi connectivity index (χ0n) is 11.0. The molecule has 5 heteroatoms. The Bertz CT molecular complexity index is 465. The van der Waals surface area contributed by atoms with Crippen molar-refractivity contribution in [2.24, 2.45) is 5.73 Å². The summed E-state index contributed by atoms with van der Waals surface area (Å²) in [5.41, 5.74) is 6.57. The van der Waals surface area contributed by atoms with Gasteiger partial charge in [-0.2, -0.15) is 11.8 Å². The van der Waals surface area contributed by atoms with Crippen molar-refractivity contribution in [2.45, 2.75) is 37.0 Å².